The third-order valence-electron chi connectivity index (χ3n) is 1.30. The van der Waals surface area contributed by atoms with Gasteiger partial charge in [-0.3, -0.25) is 14.5 Å². The number of nitrogens with one attached hydrogen (secondary N) is 1. The Morgan fingerprint density at radius 3 is 2.62 bits per heavy atom. The highest BCUT2D eigenvalue weighted by Crippen LogP contribution is 2.18. The van der Waals surface area contributed by atoms with Crippen molar-refractivity contribution in [3.63, 3.8) is 0 Å². The molecular weight excluding hydrogens is 217 g/mol. The second-order valence-electron chi connectivity index (χ2n) is 2.21. The van der Waals surface area contributed by atoms with E-state index in [4.69, 9.17) is 23.2 Å². The van der Waals surface area contributed by atoms with Crippen molar-refractivity contribution in [1.82, 2.24) is 14.9 Å². The van der Waals surface area contributed by atoms with Gasteiger partial charge in [0.2, 0.25) is 6.41 Å². The first-order valence-electron chi connectivity index (χ1n) is 3.19. The lowest BCUT2D eigenvalue weighted by Gasteiger charge is -2.04. The van der Waals surface area contributed by atoms with Gasteiger partial charge in [0.1, 0.15) is 5.15 Å². The normalized spacial score (nSPS) is 9.77. The highest BCUT2D eigenvalue weighted by atomic mass is 35.5. The highest BCUT2D eigenvalue weighted by molar-refractivity contribution is 6.40. The standard InChI is InChI=1S/C6H5Cl2N3O2/c1-11(2-12)6(13)5-9-3(7)4(8)10-5/h2H,1H3,(H,9,10). The summed E-state index contributed by atoms with van der Waals surface area (Å²) in [5.41, 5.74) is 0. The topological polar surface area (TPSA) is 66.1 Å². The number of hydrogen-bond acceptors (Lipinski definition) is 3. The molecule has 0 atom stereocenters. The van der Waals surface area contributed by atoms with E-state index in [-0.39, 0.29) is 16.1 Å². The third kappa shape index (κ3) is 1.99. The van der Waals surface area contributed by atoms with Crippen LogP contribution in [0.2, 0.25) is 10.3 Å². The largest absolute Gasteiger partial charge is 0.324 e. The summed E-state index contributed by atoms with van der Waals surface area (Å²) >= 11 is 11.0. The molecule has 2 amide bonds. The van der Waals surface area contributed by atoms with Crippen molar-refractivity contribution in [1.29, 1.82) is 0 Å². The lowest BCUT2D eigenvalue weighted by atomic mass is 10.5. The number of aromatic nitrogens is 2. The summed E-state index contributed by atoms with van der Waals surface area (Å²) in [5, 5.41) is 0.0774. The summed E-state index contributed by atoms with van der Waals surface area (Å²) in [6.45, 7) is 0. The predicted octanol–water partition coefficient (Wildman–Crippen LogP) is 0.945. The summed E-state index contributed by atoms with van der Waals surface area (Å²) in [6.07, 6.45) is 0.368. The number of carbonyl (C=O) groups excluding carboxylic acids is 2. The molecule has 1 aromatic rings. The van der Waals surface area contributed by atoms with Gasteiger partial charge in [0, 0.05) is 7.05 Å². The average molecular weight is 222 g/mol. The van der Waals surface area contributed by atoms with Crippen molar-refractivity contribution >= 4 is 35.5 Å². The maximum absolute atomic E-state index is 11.2. The SMILES string of the molecule is CN(C=O)C(=O)c1nc(Cl)c(Cl)[nH]1. The van der Waals surface area contributed by atoms with Crippen LogP contribution in [-0.4, -0.2) is 34.2 Å². The molecule has 1 aromatic heterocycles. The van der Waals surface area contributed by atoms with Crippen molar-refractivity contribution in [2.24, 2.45) is 0 Å². The smallest absolute Gasteiger partial charge is 0.295 e. The Kier molecular flexibility index (Phi) is 2.90. The van der Waals surface area contributed by atoms with Gasteiger partial charge in [0.05, 0.1) is 0 Å². The van der Waals surface area contributed by atoms with Gasteiger partial charge in [-0.15, -0.1) is 0 Å². The van der Waals surface area contributed by atoms with Crippen LogP contribution >= 0.6 is 23.2 Å². The lowest BCUT2D eigenvalue weighted by molar-refractivity contribution is -0.115. The second-order valence-corrected chi connectivity index (χ2v) is 2.95. The molecule has 7 heteroatoms. The van der Waals surface area contributed by atoms with E-state index in [0.29, 0.717) is 6.41 Å². The van der Waals surface area contributed by atoms with E-state index in [9.17, 15) is 9.59 Å². The van der Waals surface area contributed by atoms with Crippen LogP contribution in [0.3, 0.4) is 0 Å². The Morgan fingerprint density at radius 2 is 2.23 bits per heavy atom. The number of rotatable bonds is 2. The highest BCUT2D eigenvalue weighted by Gasteiger charge is 2.16. The fourth-order valence-electron chi connectivity index (χ4n) is 0.647. The number of H-pyrrole nitrogens is 1. The first-order valence-corrected chi connectivity index (χ1v) is 3.95. The number of aromatic amines is 1. The number of carbonyl (C=O) groups is 2. The van der Waals surface area contributed by atoms with Gasteiger partial charge in [-0.1, -0.05) is 23.2 Å². The number of amides is 2. The summed E-state index contributed by atoms with van der Waals surface area (Å²) in [7, 11) is 1.31. The molecule has 70 valence electrons. The maximum atomic E-state index is 11.2. The van der Waals surface area contributed by atoms with E-state index >= 15 is 0 Å². The fourth-order valence-corrected chi connectivity index (χ4v) is 0.910. The Bertz CT molecular complexity index is 330. The average Bonchev–Trinajstić information content (AvgIpc) is 2.44. The molecule has 0 unspecified atom stereocenters. The molecule has 0 aromatic carbocycles. The van der Waals surface area contributed by atoms with Gasteiger partial charge in [0.15, 0.2) is 11.0 Å². The predicted molar refractivity (Wildman–Crippen MR) is 46.8 cm³/mol. The van der Waals surface area contributed by atoms with Crippen molar-refractivity contribution in [3.8, 4) is 0 Å². The van der Waals surface area contributed by atoms with Gasteiger partial charge >= 0.3 is 0 Å². The molecule has 0 aliphatic rings. The second kappa shape index (κ2) is 3.76. The minimum absolute atomic E-state index is 0.00400. The monoisotopic (exact) mass is 221 g/mol. The minimum atomic E-state index is -0.594. The molecule has 0 aliphatic carbocycles. The van der Waals surface area contributed by atoms with E-state index in [0.717, 1.165) is 4.90 Å². The molecule has 5 nitrogen and oxygen atoms in total. The van der Waals surface area contributed by atoms with Crippen LogP contribution in [0.1, 0.15) is 10.6 Å². The summed E-state index contributed by atoms with van der Waals surface area (Å²) in [5.74, 6) is -0.659. The van der Waals surface area contributed by atoms with Crippen LogP contribution in [0, 0.1) is 0 Å². The molecule has 1 N–H and O–H groups in total. The molecule has 0 bridgehead atoms. The van der Waals surface area contributed by atoms with Crippen LogP contribution < -0.4 is 0 Å². The summed E-state index contributed by atoms with van der Waals surface area (Å²) < 4.78 is 0. The molecule has 0 radical (unpaired) electrons. The van der Waals surface area contributed by atoms with Crippen molar-refractivity contribution in [3.05, 3.63) is 16.1 Å². The first kappa shape index (κ1) is 10.0. The molecule has 1 heterocycles. The Balaban J connectivity index is 2.95. The van der Waals surface area contributed by atoms with Crippen molar-refractivity contribution in [2.45, 2.75) is 0 Å². The molecule has 1 rings (SSSR count). The maximum Gasteiger partial charge on any atom is 0.295 e. The first-order chi connectivity index (χ1) is 6.06. The van der Waals surface area contributed by atoms with Crippen LogP contribution in [0.15, 0.2) is 0 Å². The molecule has 0 fully saturated rings. The van der Waals surface area contributed by atoms with E-state index in [2.05, 4.69) is 9.97 Å². The molecule has 13 heavy (non-hydrogen) atoms. The fraction of sp³-hybridized carbons (Fsp3) is 0.167. The third-order valence-corrected chi connectivity index (χ3v) is 1.94. The molecular formula is C6H5Cl2N3O2. The number of hydrogen-bond donors (Lipinski definition) is 1. The van der Waals surface area contributed by atoms with Gasteiger partial charge in [-0.05, 0) is 0 Å². The van der Waals surface area contributed by atoms with Crippen molar-refractivity contribution < 1.29 is 9.59 Å². The van der Waals surface area contributed by atoms with Crippen molar-refractivity contribution in [2.75, 3.05) is 7.05 Å². The summed E-state index contributed by atoms with van der Waals surface area (Å²) in [4.78, 5) is 28.3. The molecule has 0 saturated carbocycles. The Hall–Kier alpha value is -1.07. The van der Waals surface area contributed by atoms with Gasteiger partial charge in [-0.2, -0.15) is 0 Å². The molecule has 0 aliphatic heterocycles. The Morgan fingerprint density at radius 1 is 1.62 bits per heavy atom. The van der Waals surface area contributed by atoms with Gasteiger partial charge < -0.3 is 4.98 Å². The van der Waals surface area contributed by atoms with Crippen LogP contribution in [0.5, 0.6) is 0 Å². The summed E-state index contributed by atoms with van der Waals surface area (Å²) in [6, 6.07) is 0. The zero-order valence-electron chi connectivity index (χ0n) is 6.54. The zero-order valence-corrected chi connectivity index (χ0v) is 8.06. The number of halogens is 2. The number of nitrogens with zero attached hydrogens (tertiary/aromatic N) is 2. The van der Waals surface area contributed by atoms with E-state index in [1.807, 2.05) is 0 Å². The molecule has 0 spiro atoms. The van der Waals surface area contributed by atoms with E-state index in [1.54, 1.807) is 0 Å². The van der Waals surface area contributed by atoms with Gasteiger partial charge in [-0.25, -0.2) is 4.98 Å². The number of imidazole rings is 1. The number of imide groups is 1. The quantitative estimate of drug-likeness (QED) is 0.757. The van der Waals surface area contributed by atoms with E-state index < -0.39 is 5.91 Å². The minimum Gasteiger partial charge on any atom is -0.324 e. The van der Waals surface area contributed by atoms with Gasteiger partial charge in [0.25, 0.3) is 5.91 Å². The van der Waals surface area contributed by atoms with E-state index in [1.165, 1.54) is 7.05 Å². The van der Waals surface area contributed by atoms with Crippen LogP contribution in [0.4, 0.5) is 0 Å². The van der Waals surface area contributed by atoms with Crippen LogP contribution in [-0.2, 0) is 4.79 Å². The van der Waals surface area contributed by atoms with Crippen LogP contribution in [0.25, 0.3) is 0 Å². The zero-order chi connectivity index (χ0) is 10.0. The Labute approximate surface area is 83.6 Å². The molecule has 0 saturated heterocycles. The lowest BCUT2D eigenvalue weighted by Crippen LogP contribution is -2.25.